The highest BCUT2D eigenvalue weighted by molar-refractivity contribution is 5.80. The van der Waals surface area contributed by atoms with E-state index < -0.39 is 11.9 Å². The number of ether oxygens (including phenoxy) is 1. The molecule has 2 rings (SSSR count). The fourth-order valence-electron chi connectivity index (χ4n) is 2.08. The summed E-state index contributed by atoms with van der Waals surface area (Å²) in [4.78, 5) is 11.1. The maximum absolute atomic E-state index is 11.1. The van der Waals surface area contributed by atoms with E-state index in [4.69, 9.17) is 15.7 Å². The van der Waals surface area contributed by atoms with Gasteiger partial charge in [-0.05, 0) is 29.7 Å². The van der Waals surface area contributed by atoms with Crippen LogP contribution in [0.3, 0.4) is 0 Å². The second-order valence-electron chi connectivity index (χ2n) is 5.01. The van der Waals surface area contributed by atoms with Crippen LogP contribution in [0, 0.1) is 0 Å². The zero-order chi connectivity index (χ0) is 15.8. The van der Waals surface area contributed by atoms with E-state index >= 15 is 0 Å². The van der Waals surface area contributed by atoms with Crippen molar-refractivity contribution >= 4 is 5.91 Å². The molecule has 0 spiro atoms. The Kier molecular flexibility index (Phi) is 5.94. The topological polar surface area (TPSA) is 84.6 Å². The van der Waals surface area contributed by atoms with E-state index in [0.717, 1.165) is 17.7 Å². The van der Waals surface area contributed by atoms with E-state index in [-0.39, 0.29) is 0 Å². The summed E-state index contributed by atoms with van der Waals surface area (Å²) in [6.45, 7) is 0.607. The third kappa shape index (κ3) is 4.87. The van der Waals surface area contributed by atoms with Gasteiger partial charge in [0, 0.05) is 6.42 Å². The number of carbonyl (C=O) groups excluding carboxylic acids is 1. The Morgan fingerprint density at radius 3 is 2.41 bits per heavy atom. The van der Waals surface area contributed by atoms with E-state index in [2.05, 4.69) is 12.1 Å². The van der Waals surface area contributed by atoms with Crippen molar-refractivity contribution in [3.05, 3.63) is 65.7 Å². The molecule has 0 saturated heterocycles. The standard InChI is InChI=1S/C17H20N2O3/c18-16(17(20)19-21)12-14-6-8-15(9-7-14)22-11-10-13-4-2-1-3-5-13/h1-9,16,21H,10-12,18H2,(H,19,20). The zero-order valence-electron chi connectivity index (χ0n) is 12.2. The van der Waals surface area contributed by atoms with E-state index in [1.165, 1.54) is 5.56 Å². The van der Waals surface area contributed by atoms with Crippen LogP contribution in [0.4, 0.5) is 0 Å². The van der Waals surface area contributed by atoms with Crippen molar-refractivity contribution in [3.8, 4) is 5.75 Å². The summed E-state index contributed by atoms with van der Waals surface area (Å²) >= 11 is 0. The number of hydrogen-bond acceptors (Lipinski definition) is 4. The first kappa shape index (κ1) is 16.0. The van der Waals surface area contributed by atoms with Gasteiger partial charge in [0.05, 0.1) is 12.6 Å². The summed E-state index contributed by atoms with van der Waals surface area (Å²) in [5.74, 6) is 0.183. The summed E-state index contributed by atoms with van der Waals surface area (Å²) < 4.78 is 5.69. The highest BCUT2D eigenvalue weighted by Gasteiger charge is 2.12. The highest BCUT2D eigenvalue weighted by atomic mass is 16.5. The molecule has 0 bridgehead atoms. The summed E-state index contributed by atoms with van der Waals surface area (Å²) in [6, 6.07) is 16.8. The van der Waals surface area contributed by atoms with Crippen LogP contribution in [0.5, 0.6) is 5.75 Å². The lowest BCUT2D eigenvalue weighted by molar-refractivity contribution is -0.130. The molecule has 4 N–H and O–H groups in total. The van der Waals surface area contributed by atoms with Crippen molar-refractivity contribution in [2.75, 3.05) is 6.61 Å². The molecular weight excluding hydrogens is 280 g/mol. The molecule has 1 atom stereocenters. The second-order valence-corrected chi connectivity index (χ2v) is 5.01. The van der Waals surface area contributed by atoms with Gasteiger partial charge in [0.1, 0.15) is 5.75 Å². The highest BCUT2D eigenvalue weighted by Crippen LogP contribution is 2.14. The summed E-state index contributed by atoms with van der Waals surface area (Å²) in [5, 5.41) is 8.52. The number of carbonyl (C=O) groups is 1. The first-order valence-electron chi connectivity index (χ1n) is 7.14. The Hall–Kier alpha value is -2.37. The lowest BCUT2D eigenvalue weighted by Crippen LogP contribution is -2.40. The second kappa shape index (κ2) is 8.17. The minimum absolute atomic E-state index is 0.358. The summed E-state index contributed by atoms with van der Waals surface area (Å²) in [6.07, 6.45) is 1.21. The van der Waals surface area contributed by atoms with Gasteiger partial charge in [0.25, 0.3) is 5.91 Å². The van der Waals surface area contributed by atoms with Gasteiger partial charge in [-0.2, -0.15) is 0 Å². The Labute approximate surface area is 129 Å². The third-order valence-electron chi connectivity index (χ3n) is 3.33. The van der Waals surface area contributed by atoms with Gasteiger partial charge in [0.2, 0.25) is 0 Å². The quantitative estimate of drug-likeness (QED) is 0.536. The van der Waals surface area contributed by atoms with E-state index in [0.29, 0.717) is 13.0 Å². The van der Waals surface area contributed by atoms with Crippen LogP contribution >= 0.6 is 0 Å². The molecule has 22 heavy (non-hydrogen) atoms. The molecule has 0 aliphatic heterocycles. The molecule has 116 valence electrons. The molecule has 5 nitrogen and oxygen atoms in total. The third-order valence-corrected chi connectivity index (χ3v) is 3.33. The Balaban J connectivity index is 1.80. The van der Waals surface area contributed by atoms with Crippen molar-refractivity contribution in [1.82, 2.24) is 5.48 Å². The van der Waals surface area contributed by atoms with Crippen LogP contribution in [0.1, 0.15) is 11.1 Å². The zero-order valence-corrected chi connectivity index (χ0v) is 12.2. The number of rotatable bonds is 7. The van der Waals surface area contributed by atoms with Crippen molar-refractivity contribution in [3.63, 3.8) is 0 Å². The number of benzene rings is 2. The Bertz CT molecular complexity index is 585. The molecular formula is C17H20N2O3. The van der Waals surface area contributed by atoms with Crippen LogP contribution in [0.2, 0.25) is 0 Å². The van der Waals surface area contributed by atoms with Gasteiger partial charge in [0.15, 0.2) is 0 Å². The molecule has 5 heteroatoms. The molecule has 0 heterocycles. The van der Waals surface area contributed by atoms with E-state index in [1.807, 2.05) is 42.5 Å². The largest absolute Gasteiger partial charge is 0.493 e. The minimum atomic E-state index is -0.769. The molecule has 0 aromatic heterocycles. The fraction of sp³-hybridized carbons (Fsp3) is 0.235. The first-order chi connectivity index (χ1) is 10.7. The van der Waals surface area contributed by atoms with Crippen LogP contribution in [0.25, 0.3) is 0 Å². The van der Waals surface area contributed by atoms with Crippen LogP contribution in [-0.4, -0.2) is 23.8 Å². The normalized spacial score (nSPS) is 11.7. The molecule has 2 aromatic carbocycles. The average molecular weight is 300 g/mol. The molecule has 0 fully saturated rings. The number of nitrogens with two attached hydrogens (primary N) is 1. The molecule has 0 aliphatic rings. The van der Waals surface area contributed by atoms with Crippen molar-refractivity contribution in [2.45, 2.75) is 18.9 Å². The Morgan fingerprint density at radius 1 is 1.09 bits per heavy atom. The number of hydroxylamine groups is 1. The van der Waals surface area contributed by atoms with Crippen LogP contribution in [0.15, 0.2) is 54.6 Å². The molecule has 0 radical (unpaired) electrons. The monoisotopic (exact) mass is 300 g/mol. The molecule has 1 amide bonds. The maximum atomic E-state index is 11.1. The van der Waals surface area contributed by atoms with Gasteiger partial charge in [-0.25, -0.2) is 5.48 Å². The van der Waals surface area contributed by atoms with Gasteiger partial charge < -0.3 is 10.5 Å². The van der Waals surface area contributed by atoms with E-state index in [1.54, 1.807) is 5.48 Å². The number of nitrogens with one attached hydrogen (secondary N) is 1. The molecule has 0 aliphatic carbocycles. The summed E-state index contributed by atoms with van der Waals surface area (Å²) in [5.41, 5.74) is 9.34. The minimum Gasteiger partial charge on any atom is -0.493 e. The number of hydrogen-bond donors (Lipinski definition) is 3. The van der Waals surface area contributed by atoms with Gasteiger partial charge in [-0.1, -0.05) is 42.5 Å². The smallest absolute Gasteiger partial charge is 0.260 e. The van der Waals surface area contributed by atoms with Crippen LogP contribution < -0.4 is 16.0 Å². The predicted molar refractivity (Wildman–Crippen MR) is 83.7 cm³/mol. The first-order valence-corrected chi connectivity index (χ1v) is 7.14. The van der Waals surface area contributed by atoms with E-state index in [9.17, 15) is 4.79 Å². The fourth-order valence-corrected chi connectivity index (χ4v) is 2.08. The van der Waals surface area contributed by atoms with Crippen LogP contribution in [-0.2, 0) is 17.6 Å². The van der Waals surface area contributed by atoms with Crippen molar-refractivity contribution in [1.29, 1.82) is 0 Å². The SMILES string of the molecule is NC(Cc1ccc(OCCc2ccccc2)cc1)C(=O)NO. The average Bonchev–Trinajstić information content (AvgIpc) is 2.56. The lowest BCUT2D eigenvalue weighted by atomic mass is 10.1. The molecule has 0 saturated carbocycles. The molecule has 2 aromatic rings. The van der Waals surface area contributed by atoms with Crippen molar-refractivity contribution in [2.24, 2.45) is 5.73 Å². The summed E-state index contributed by atoms with van der Waals surface area (Å²) in [7, 11) is 0. The van der Waals surface area contributed by atoms with Gasteiger partial charge >= 0.3 is 0 Å². The van der Waals surface area contributed by atoms with Gasteiger partial charge in [-0.15, -0.1) is 0 Å². The maximum Gasteiger partial charge on any atom is 0.260 e. The Morgan fingerprint density at radius 2 is 1.77 bits per heavy atom. The lowest BCUT2D eigenvalue weighted by Gasteiger charge is -2.10. The number of amides is 1. The molecule has 1 unspecified atom stereocenters. The predicted octanol–water partition coefficient (Wildman–Crippen LogP) is 1.68. The van der Waals surface area contributed by atoms with Gasteiger partial charge in [-0.3, -0.25) is 10.0 Å². The van der Waals surface area contributed by atoms with Crippen molar-refractivity contribution < 1.29 is 14.7 Å².